The highest BCUT2D eigenvalue weighted by Gasteiger charge is 2.30. The average Bonchev–Trinajstić information content (AvgIpc) is 2.14. The van der Waals surface area contributed by atoms with E-state index in [1.165, 1.54) is 10.8 Å². The SMILES string of the molecule is CN(C)CCn1ccc(C(F)(F)F)cc1=O. The standard InChI is InChI=1S/C10H13F3N2O/c1-14(2)5-6-15-4-3-8(7-9(15)16)10(11,12)13/h3-4,7H,5-6H2,1-2H3. The number of alkyl halides is 3. The van der Waals surface area contributed by atoms with Crippen LogP contribution in [0.1, 0.15) is 5.56 Å². The number of hydrogen-bond donors (Lipinski definition) is 0. The summed E-state index contributed by atoms with van der Waals surface area (Å²) in [5.41, 5.74) is -1.53. The molecule has 0 spiro atoms. The fourth-order valence-electron chi connectivity index (χ4n) is 1.18. The van der Waals surface area contributed by atoms with Crippen molar-refractivity contribution in [3.05, 3.63) is 34.2 Å². The molecule has 1 heterocycles. The summed E-state index contributed by atoms with van der Waals surface area (Å²) in [7, 11) is 3.66. The number of hydrogen-bond acceptors (Lipinski definition) is 2. The molecule has 0 radical (unpaired) electrons. The molecular weight excluding hydrogens is 221 g/mol. The zero-order valence-electron chi connectivity index (χ0n) is 9.08. The molecule has 0 amide bonds. The molecule has 0 fully saturated rings. The van der Waals surface area contributed by atoms with Gasteiger partial charge in [0.25, 0.3) is 5.56 Å². The highest BCUT2D eigenvalue weighted by atomic mass is 19.4. The molecule has 1 aromatic heterocycles. The van der Waals surface area contributed by atoms with Gasteiger partial charge in [-0.2, -0.15) is 13.2 Å². The van der Waals surface area contributed by atoms with Crippen molar-refractivity contribution in [2.45, 2.75) is 12.7 Å². The summed E-state index contributed by atoms with van der Waals surface area (Å²) >= 11 is 0. The normalized spacial score (nSPS) is 12.1. The van der Waals surface area contributed by atoms with Gasteiger partial charge in [-0.15, -0.1) is 0 Å². The van der Waals surface area contributed by atoms with Crippen LogP contribution in [0.3, 0.4) is 0 Å². The Balaban J connectivity index is 2.88. The van der Waals surface area contributed by atoms with Crippen molar-refractivity contribution < 1.29 is 13.2 Å². The van der Waals surface area contributed by atoms with Crippen molar-refractivity contribution in [2.24, 2.45) is 0 Å². The molecule has 0 aliphatic carbocycles. The van der Waals surface area contributed by atoms with E-state index < -0.39 is 17.3 Å². The molecule has 3 nitrogen and oxygen atoms in total. The van der Waals surface area contributed by atoms with Crippen molar-refractivity contribution in [2.75, 3.05) is 20.6 Å². The summed E-state index contributed by atoms with van der Waals surface area (Å²) in [6.45, 7) is 0.981. The Kier molecular flexibility index (Phi) is 3.74. The van der Waals surface area contributed by atoms with E-state index in [9.17, 15) is 18.0 Å². The van der Waals surface area contributed by atoms with E-state index in [1.54, 1.807) is 0 Å². The first-order valence-electron chi connectivity index (χ1n) is 4.73. The summed E-state index contributed by atoms with van der Waals surface area (Å²) in [6, 6.07) is 1.53. The predicted octanol–water partition coefficient (Wildman–Crippen LogP) is 1.43. The number of nitrogens with zero attached hydrogens (tertiary/aromatic N) is 2. The lowest BCUT2D eigenvalue weighted by Gasteiger charge is -2.12. The summed E-state index contributed by atoms with van der Waals surface area (Å²) in [5.74, 6) is 0. The molecule has 90 valence electrons. The predicted molar refractivity (Wildman–Crippen MR) is 54.3 cm³/mol. The third-order valence-corrected chi connectivity index (χ3v) is 2.11. The lowest BCUT2D eigenvalue weighted by atomic mass is 10.2. The van der Waals surface area contributed by atoms with Gasteiger partial charge in [0.15, 0.2) is 0 Å². The second kappa shape index (κ2) is 4.69. The number of likely N-dealkylation sites (N-methyl/N-ethyl adjacent to an activating group) is 1. The first-order chi connectivity index (χ1) is 7.30. The average molecular weight is 234 g/mol. The van der Waals surface area contributed by atoms with E-state index in [2.05, 4.69) is 0 Å². The second-order valence-electron chi connectivity index (χ2n) is 3.75. The van der Waals surface area contributed by atoms with E-state index in [4.69, 9.17) is 0 Å². The van der Waals surface area contributed by atoms with Crippen LogP contribution in [-0.2, 0) is 12.7 Å². The Morgan fingerprint density at radius 2 is 2.00 bits per heavy atom. The molecule has 0 atom stereocenters. The van der Waals surface area contributed by atoms with Crippen LogP contribution >= 0.6 is 0 Å². The second-order valence-corrected chi connectivity index (χ2v) is 3.75. The highest BCUT2D eigenvalue weighted by molar-refractivity contribution is 5.14. The molecule has 1 rings (SSSR count). The van der Waals surface area contributed by atoms with Gasteiger partial charge in [0.2, 0.25) is 0 Å². The molecular formula is C10H13F3N2O. The monoisotopic (exact) mass is 234 g/mol. The van der Waals surface area contributed by atoms with Gasteiger partial charge < -0.3 is 9.47 Å². The summed E-state index contributed by atoms with van der Waals surface area (Å²) in [4.78, 5) is 13.2. The van der Waals surface area contributed by atoms with Crippen LogP contribution in [0.15, 0.2) is 23.1 Å². The van der Waals surface area contributed by atoms with Gasteiger partial charge in [-0.05, 0) is 20.2 Å². The first-order valence-corrected chi connectivity index (χ1v) is 4.73. The van der Waals surface area contributed by atoms with Crippen LogP contribution in [0, 0.1) is 0 Å². The Morgan fingerprint density at radius 1 is 1.38 bits per heavy atom. The molecule has 6 heteroatoms. The molecule has 0 unspecified atom stereocenters. The minimum absolute atomic E-state index is 0.379. The maximum atomic E-state index is 12.3. The third kappa shape index (κ3) is 3.37. The minimum atomic E-state index is -4.46. The lowest BCUT2D eigenvalue weighted by Crippen LogP contribution is -2.26. The molecule has 1 aromatic rings. The van der Waals surface area contributed by atoms with Gasteiger partial charge in [0, 0.05) is 25.4 Å². The molecule has 0 saturated carbocycles. The van der Waals surface area contributed by atoms with Gasteiger partial charge in [-0.25, -0.2) is 0 Å². The molecule has 0 aromatic carbocycles. The summed E-state index contributed by atoms with van der Waals surface area (Å²) < 4.78 is 38.0. The lowest BCUT2D eigenvalue weighted by molar-refractivity contribution is -0.137. The Morgan fingerprint density at radius 3 is 2.44 bits per heavy atom. The van der Waals surface area contributed by atoms with Gasteiger partial charge >= 0.3 is 6.18 Å². The van der Waals surface area contributed by atoms with Crippen LogP contribution < -0.4 is 5.56 Å². The fraction of sp³-hybridized carbons (Fsp3) is 0.500. The molecule has 16 heavy (non-hydrogen) atoms. The van der Waals surface area contributed by atoms with Crippen molar-refractivity contribution in [1.29, 1.82) is 0 Å². The number of pyridine rings is 1. The van der Waals surface area contributed by atoms with Gasteiger partial charge in [0.05, 0.1) is 5.56 Å². The van der Waals surface area contributed by atoms with E-state index in [1.807, 2.05) is 19.0 Å². The minimum Gasteiger partial charge on any atom is -0.314 e. The molecule has 0 bridgehead atoms. The molecule has 0 saturated heterocycles. The van der Waals surface area contributed by atoms with E-state index in [0.29, 0.717) is 19.2 Å². The summed E-state index contributed by atoms with van der Waals surface area (Å²) in [5, 5.41) is 0. The van der Waals surface area contributed by atoms with Crippen molar-refractivity contribution >= 4 is 0 Å². The van der Waals surface area contributed by atoms with Crippen molar-refractivity contribution in [3.8, 4) is 0 Å². The van der Waals surface area contributed by atoms with Crippen LogP contribution in [0.4, 0.5) is 13.2 Å². The zero-order valence-corrected chi connectivity index (χ0v) is 9.08. The molecule has 0 N–H and O–H groups in total. The third-order valence-electron chi connectivity index (χ3n) is 2.11. The zero-order chi connectivity index (χ0) is 12.3. The van der Waals surface area contributed by atoms with Crippen LogP contribution in [0.25, 0.3) is 0 Å². The van der Waals surface area contributed by atoms with Gasteiger partial charge in [-0.1, -0.05) is 0 Å². The Bertz CT molecular complexity index is 409. The largest absolute Gasteiger partial charge is 0.416 e. The number of halogens is 3. The smallest absolute Gasteiger partial charge is 0.314 e. The maximum absolute atomic E-state index is 12.3. The first kappa shape index (κ1) is 12.8. The Hall–Kier alpha value is -1.30. The van der Waals surface area contributed by atoms with Gasteiger partial charge in [0.1, 0.15) is 0 Å². The molecule has 0 aliphatic heterocycles. The quantitative estimate of drug-likeness (QED) is 0.790. The van der Waals surface area contributed by atoms with E-state index >= 15 is 0 Å². The number of rotatable bonds is 3. The van der Waals surface area contributed by atoms with Crippen LogP contribution in [0.2, 0.25) is 0 Å². The van der Waals surface area contributed by atoms with Gasteiger partial charge in [-0.3, -0.25) is 4.79 Å². The van der Waals surface area contributed by atoms with Crippen LogP contribution in [0.5, 0.6) is 0 Å². The fourth-order valence-corrected chi connectivity index (χ4v) is 1.18. The van der Waals surface area contributed by atoms with Crippen LogP contribution in [-0.4, -0.2) is 30.1 Å². The maximum Gasteiger partial charge on any atom is 0.416 e. The van der Waals surface area contributed by atoms with E-state index in [-0.39, 0.29) is 0 Å². The number of aromatic nitrogens is 1. The van der Waals surface area contributed by atoms with Crippen molar-refractivity contribution in [1.82, 2.24) is 9.47 Å². The summed E-state index contributed by atoms with van der Waals surface area (Å²) in [6.07, 6.45) is -3.28. The Labute approximate surface area is 91.1 Å². The molecule has 0 aliphatic rings. The highest BCUT2D eigenvalue weighted by Crippen LogP contribution is 2.27. The van der Waals surface area contributed by atoms with E-state index in [0.717, 1.165) is 6.07 Å². The van der Waals surface area contributed by atoms with Crippen molar-refractivity contribution in [3.63, 3.8) is 0 Å². The topological polar surface area (TPSA) is 25.2 Å².